The first-order valence-corrected chi connectivity index (χ1v) is 5.65. The zero-order valence-electron chi connectivity index (χ0n) is 11.6. The Morgan fingerprint density at radius 3 is 1.09 bits per heavy atom. The predicted octanol–water partition coefficient (Wildman–Crippen LogP) is -0.419. The number of cyclic esters (lactones) is 4. The summed E-state index contributed by atoms with van der Waals surface area (Å²) in [7, 11) is 3.89. The van der Waals surface area contributed by atoms with E-state index in [1.54, 1.807) is 0 Å². The molecule has 0 amide bonds. The van der Waals surface area contributed by atoms with Crippen LogP contribution in [0, 0.1) is 6.67 Å². The molecule has 0 aliphatic carbocycles. The monoisotopic (exact) mass is 398 g/mol. The fraction of sp³-hybridized carbons (Fsp3) is 0.154. The normalized spacial score (nSPS) is 17.4. The van der Waals surface area contributed by atoms with Crippen LogP contribution >= 0.6 is 0 Å². The van der Waals surface area contributed by atoms with Gasteiger partial charge in [-0.2, -0.15) is 0 Å². The van der Waals surface area contributed by atoms with Crippen LogP contribution in [0.4, 0.5) is 0 Å². The molecule has 3 aliphatic heterocycles. The van der Waals surface area contributed by atoms with Gasteiger partial charge < -0.3 is 19.3 Å². The van der Waals surface area contributed by atoms with Gasteiger partial charge in [0.1, 0.15) is 0 Å². The van der Waals surface area contributed by atoms with Gasteiger partial charge in [0.2, 0.25) is 6.67 Å². The molecular weight excluding hydrogens is 387 g/mol. The zero-order chi connectivity index (χ0) is 15.8. The van der Waals surface area contributed by atoms with Crippen molar-refractivity contribution in [3.63, 3.8) is 0 Å². The van der Waals surface area contributed by atoms with Crippen molar-refractivity contribution in [3.8, 4) is 0 Å². The van der Waals surface area contributed by atoms with Crippen LogP contribution in [0.5, 0.6) is 0 Å². The number of carbonyl (C=O) groups is 4. The minimum absolute atomic E-state index is 0. The second kappa shape index (κ2) is 9.65. The van der Waals surface area contributed by atoms with Crippen molar-refractivity contribution in [1.82, 2.24) is 9.80 Å². The second-order valence-electron chi connectivity index (χ2n) is 3.77. The van der Waals surface area contributed by atoms with Gasteiger partial charge in [-0.25, -0.2) is 19.2 Å². The predicted molar refractivity (Wildman–Crippen MR) is 68.4 cm³/mol. The standard InChI is InChI=1S/C5H8N2.2C4H2O3.Pd/c1-6-3-4-7(2)5-6;2*5-3-1-2-4(6)7-3;/h3-4H,1-2H3;2*1-2H;. The first-order chi connectivity index (χ1) is 9.86. The maximum atomic E-state index is 9.92. The summed E-state index contributed by atoms with van der Waals surface area (Å²) < 4.78 is 7.94. The fourth-order valence-corrected chi connectivity index (χ4v) is 1.12. The number of nitrogens with zero attached hydrogens (tertiary/aromatic N) is 2. The van der Waals surface area contributed by atoms with Crippen LogP contribution < -0.4 is 0 Å². The summed E-state index contributed by atoms with van der Waals surface area (Å²) in [6, 6.07) is 0. The summed E-state index contributed by atoms with van der Waals surface area (Å²) in [5.74, 6) is -2.31. The van der Waals surface area contributed by atoms with E-state index in [2.05, 4.69) is 16.1 Å². The van der Waals surface area contributed by atoms with E-state index in [1.807, 2.05) is 36.3 Å². The van der Waals surface area contributed by atoms with Crippen LogP contribution in [0.15, 0.2) is 36.7 Å². The van der Waals surface area contributed by atoms with Crippen molar-refractivity contribution in [3.05, 3.63) is 43.4 Å². The van der Waals surface area contributed by atoms with Crippen LogP contribution in [0.2, 0.25) is 0 Å². The van der Waals surface area contributed by atoms with Crippen LogP contribution in [0.1, 0.15) is 0 Å². The van der Waals surface area contributed by atoms with Crippen LogP contribution in [0.3, 0.4) is 0 Å². The summed E-state index contributed by atoms with van der Waals surface area (Å²) in [6.45, 7) is 2.97. The topological polar surface area (TPSA) is 93.2 Å². The molecule has 8 nitrogen and oxygen atoms in total. The molecule has 9 heteroatoms. The molecule has 0 N–H and O–H groups in total. The van der Waals surface area contributed by atoms with Gasteiger partial charge in [-0.1, -0.05) is 0 Å². The van der Waals surface area contributed by atoms with Gasteiger partial charge in [-0.05, 0) is 0 Å². The van der Waals surface area contributed by atoms with Crippen molar-refractivity contribution < 1.29 is 49.1 Å². The Labute approximate surface area is 140 Å². The van der Waals surface area contributed by atoms with Gasteiger partial charge in [-0.15, -0.1) is 0 Å². The van der Waals surface area contributed by atoms with Crippen molar-refractivity contribution >= 4 is 23.9 Å². The van der Waals surface area contributed by atoms with E-state index in [0.29, 0.717) is 0 Å². The smallest absolute Gasteiger partial charge is 0.338 e. The SMILES string of the molecule is CN1[C]N(C)C=C1.O=C1C=CC(=O)O1.O=C1C=CC(=O)O1.[Pd]. The number of rotatable bonds is 0. The van der Waals surface area contributed by atoms with E-state index in [4.69, 9.17) is 0 Å². The van der Waals surface area contributed by atoms with E-state index < -0.39 is 23.9 Å². The maximum absolute atomic E-state index is 9.92. The molecule has 0 aromatic heterocycles. The van der Waals surface area contributed by atoms with Gasteiger partial charge in [0, 0.05) is 71.2 Å². The third kappa shape index (κ3) is 8.14. The van der Waals surface area contributed by atoms with Gasteiger partial charge in [0.15, 0.2) is 0 Å². The summed E-state index contributed by atoms with van der Waals surface area (Å²) in [4.78, 5) is 43.4. The number of carbonyl (C=O) groups excluding carboxylic acids is 4. The molecule has 3 heterocycles. The molecule has 2 radical (unpaired) electrons. The van der Waals surface area contributed by atoms with Gasteiger partial charge in [0.05, 0.1) is 0 Å². The number of esters is 4. The largest absolute Gasteiger partial charge is 0.387 e. The Hall–Kier alpha value is -2.24. The summed E-state index contributed by atoms with van der Waals surface area (Å²) >= 11 is 0. The molecule has 0 bridgehead atoms. The first kappa shape index (κ1) is 19.8. The average Bonchev–Trinajstić information content (AvgIpc) is 3.06. The third-order valence-electron chi connectivity index (χ3n) is 1.94. The molecule has 0 aromatic rings. The summed E-state index contributed by atoms with van der Waals surface area (Å²) in [5, 5.41) is 0. The van der Waals surface area contributed by atoms with E-state index in [-0.39, 0.29) is 20.4 Å². The van der Waals surface area contributed by atoms with E-state index in [9.17, 15) is 19.2 Å². The fourth-order valence-electron chi connectivity index (χ4n) is 1.12. The quantitative estimate of drug-likeness (QED) is 0.309. The van der Waals surface area contributed by atoms with Crippen LogP contribution in [-0.2, 0) is 49.1 Å². The molecule has 0 unspecified atom stereocenters. The van der Waals surface area contributed by atoms with E-state index >= 15 is 0 Å². The molecule has 3 rings (SSSR count). The van der Waals surface area contributed by atoms with Crippen molar-refractivity contribution in [2.45, 2.75) is 0 Å². The molecule has 0 saturated carbocycles. The van der Waals surface area contributed by atoms with Gasteiger partial charge in [-0.3, -0.25) is 0 Å². The third-order valence-corrected chi connectivity index (χ3v) is 1.94. The zero-order valence-corrected chi connectivity index (χ0v) is 13.2. The minimum Gasteiger partial charge on any atom is -0.387 e. The Kier molecular flexibility index (Phi) is 8.67. The molecule has 0 saturated heterocycles. The molecule has 0 fully saturated rings. The summed E-state index contributed by atoms with van der Waals surface area (Å²) in [6.07, 6.45) is 8.23. The minimum atomic E-state index is -0.579. The number of ether oxygens (including phenoxy) is 2. The molecule has 0 spiro atoms. The maximum Gasteiger partial charge on any atom is 0.338 e. The Balaban J connectivity index is 0.000000294. The van der Waals surface area contributed by atoms with Crippen LogP contribution in [0.25, 0.3) is 0 Å². The van der Waals surface area contributed by atoms with E-state index in [0.717, 1.165) is 24.3 Å². The Morgan fingerprint density at radius 1 is 0.727 bits per heavy atom. The van der Waals surface area contributed by atoms with Gasteiger partial charge >= 0.3 is 23.9 Å². The molecule has 22 heavy (non-hydrogen) atoms. The van der Waals surface area contributed by atoms with Gasteiger partial charge in [0.25, 0.3) is 0 Å². The van der Waals surface area contributed by atoms with Crippen molar-refractivity contribution in [2.24, 2.45) is 0 Å². The molecule has 3 aliphatic rings. The average molecular weight is 399 g/mol. The molecule has 0 aromatic carbocycles. The Morgan fingerprint density at radius 2 is 1.00 bits per heavy atom. The van der Waals surface area contributed by atoms with Crippen LogP contribution in [-0.4, -0.2) is 47.8 Å². The second-order valence-corrected chi connectivity index (χ2v) is 3.77. The number of hydrogen-bond acceptors (Lipinski definition) is 8. The summed E-state index contributed by atoms with van der Waals surface area (Å²) in [5.41, 5.74) is 0. The van der Waals surface area contributed by atoms with Crippen molar-refractivity contribution in [1.29, 1.82) is 0 Å². The van der Waals surface area contributed by atoms with E-state index in [1.165, 1.54) is 0 Å². The number of hydrogen-bond donors (Lipinski definition) is 0. The molecular formula is C13H12N2O6Pd. The first-order valence-electron chi connectivity index (χ1n) is 5.65. The molecule has 120 valence electrons. The molecule has 0 atom stereocenters. The van der Waals surface area contributed by atoms with Crippen molar-refractivity contribution in [2.75, 3.05) is 14.1 Å². The Bertz CT molecular complexity index is 463.